The second-order valence-electron chi connectivity index (χ2n) is 5.67. The van der Waals surface area contributed by atoms with Crippen LogP contribution in [0.1, 0.15) is 47.5 Å². The van der Waals surface area contributed by atoms with E-state index in [1.807, 2.05) is 0 Å². The monoisotopic (exact) mass is 212 g/mol. The van der Waals surface area contributed by atoms with E-state index in [0.717, 1.165) is 12.8 Å². The summed E-state index contributed by atoms with van der Waals surface area (Å²) in [6, 6.07) is 0. The van der Waals surface area contributed by atoms with Gasteiger partial charge in [-0.05, 0) is 30.6 Å². The van der Waals surface area contributed by atoms with Gasteiger partial charge in [0.05, 0.1) is 5.92 Å². The fourth-order valence-electron chi connectivity index (χ4n) is 2.42. The Morgan fingerprint density at radius 1 is 1.27 bits per heavy atom. The highest BCUT2D eigenvalue weighted by Crippen LogP contribution is 2.33. The van der Waals surface area contributed by atoms with Crippen molar-refractivity contribution < 1.29 is 9.53 Å². The number of rotatable bonds is 4. The summed E-state index contributed by atoms with van der Waals surface area (Å²) in [6.45, 7) is 10.8. The summed E-state index contributed by atoms with van der Waals surface area (Å²) >= 11 is 0. The van der Waals surface area contributed by atoms with E-state index in [4.69, 9.17) is 4.74 Å². The number of carbonyl (C=O) groups is 1. The lowest BCUT2D eigenvalue weighted by atomic mass is 9.86. The highest BCUT2D eigenvalue weighted by Gasteiger charge is 2.38. The Morgan fingerprint density at radius 3 is 2.27 bits per heavy atom. The zero-order valence-corrected chi connectivity index (χ0v) is 10.6. The van der Waals surface area contributed by atoms with Crippen molar-refractivity contribution in [1.82, 2.24) is 0 Å². The van der Waals surface area contributed by atoms with Crippen LogP contribution < -0.4 is 0 Å². The molecule has 1 aliphatic heterocycles. The molecule has 0 spiro atoms. The number of esters is 1. The summed E-state index contributed by atoms with van der Waals surface area (Å²) in [4.78, 5) is 11.6. The molecule has 1 aliphatic rings. The van der Waals surface area contributed by atoms with Crippen molar-refractivity contribution in [2.45, 2.75) is 53.6 Å². The van der Waals surface area contributed by atoms with Gasteiger partial charge in [-0.15, -0.1) is 0 Å². The number of cyclic esters (lactones) is 1. The van der Waals surface area contributed by atoms with E-state index in [2.05, 4.69) is 34.6 Å². The van der Waals surface area contributed by atoms with Crippen LogP contribution in [0.2, 0.25) is 0 Å². The molecule has 1 rings (SSSR count). The maximum atomic E-state index is 11.6. The quantitative estimate of drug-likeness (QED) is 0.669. The normalized spacial score (nSPS) is 28.6. The maximum Gasteiger partial charge on any atom is 0.309 e. The maximum absolute atomic E-state index is 11.6. The molecule has 0 aromatic heterocycles. The Morgan fingerprint density at radius 2 is 1.87 bits per heavy atom. The lowest BCUT2D eigenvalue weighted by molar-refractivity contribution is -0.146. The van der Waals surface area contributed by atoms with Crippen molar-refractivity contribution >= 4 is 5.97 Å². The van der Waals surface area contributed by atoms with E-state index in [0.29, 0.717) is 17.8 Å². The van der Waals surface area contributed by atoms with Gasteiger partial charge in [0.15, 0.2) is 0 Å². The van der Waals surface area contributed by atoms with Gasteiger partial charge in [-0.2, -0.15) is 0 Å². The lowest BCUT2D eigenvalue weighted by Crippen LogP contribution is -2.19. The van der Waals surface area contributed by atoms with Gasteiger partial charge in [0.25, 0.3) is 0 Å². The Bertz CT molecular complexity index is 221. The predicted octanol–water partition coefficient (Wildman–Crippen LogP) is 3.26. The first kappa shape index (κ1) is 12.5. The van der Waals surface area contributed by atoms with Crippen molar-refractivity contribution in [3.63, 3.8) is 0 Å². The van der Waals surface area contributed by atoms with Gasteiger partial charge in [0.1, 0.15) is 6.10 Å². The highest BCUT2D eigenvalue weighted by atomic mass is 16.6. The Labute approximate surface area is 93.4 Å². The van der Waals surface area contributed by atoms with Gasteiger partial charge in [0.2, 0.25) is 0 Å². The average molecular weight is 212 g/mol. The first-order valence-corrected chi connectivity index (χ1v) is 6.12. The molecule has 3 atom stereocenters. The molecule has 88 valence electrons. The van der Waals surface area contributed by atoms with E-state index in [9.17, 15) is 4.79 Å². The van der Waals surface area contributed by atoms with Crippen LogP contribution in [-0.4, -0.2) is 12.1 Å². The molecular weight excluding hydrogens is 188 g/mol. The number of ether oxygens (including phenoxy) is 1. The number of hydrogen-bond acceptors (Lipinski definition) is 2. The molecule has 0 N–H and O–H groups in total. The van der Waals surface area contributed by atoms with E-state index >= 15 is 0 Å². The number of carbonyl (C=O) groups excluding carboxylic acids is 1. The highest BCUT2D eigenvalue weighted by molar-refractivity contribution is 5.74. The zero-order valence-electron chi connectivity index (χ0n) is 10.6. The third-order valence-corrected chi connectivity index (χ3v) is 3.34. The molecule has 0 aromatic rings. The molecule has 1 saturated heterocycles. The molecule has 0 amide bonds. The largest absolute Gasteiger partial charge is 0.462 e. The third kappa shape index (κ3) is 3.22. The van der Waals surface area contributed by atoms with Crippen LogP contribution in [0.25, 0.3) is 0 Å². The smallest absolute Gasteiger partial charge is 0.309 e. The number of hydrogen-bond donors (Lipinski definition) is 0. The standard InChI is InChI=1S/C13H24O2/c1-8(2)6-10(5)12-7-11(9(3)4)13(14)15-12/h8-12H,6-7H2,1-5H3. The van der Waals surface area contributed by atoms with Crippen LogP contribution >= 0.6 is 0 Å². The summed E-state index contributed by atoms with van der Waals surface area (Å²) in [5.74, 6) is 1.73. The van der Waals surface area contributed by atoms with Crippen LogP contribution in [0.5, 0.6) is 0 Å². The van der Waals surface area contributed by atoms with Gasteiger partial charge in [-0.25, -0.2) is 0 Å². The van der Waals surface area contributed by atoms with E-state index < -0.39 is 0 Å². The first-order valence-electron chi connectivity index (χ1n) is 6.12. The van der Waals surface area contributed by atoms with Crippen LogP contribution in [0, 0.1) is 23.7 Å². The van der Waals surface area contributed by atoms with Gasteiger partial charge in [0, 0.05) is 0 Å². The molecule has 2 heteroatoms. The van der Waals surface area contributed by atoms with Crippen LogP contribution in [0.3, 0.4) is 0 Å². The molecule has 0 aliphatic carbocycles. The third-order valence-electron chi connectivity index (χ3n) is 3.34. The topological polar surface area (TPSA) is 26.3 Å². The SMILES string of the molecule is CC(C)CC(C)C1CC(C(C)C)C(=O)O1. The molecule has 0 bridgehead atoms. The molecule has 0 saturated carbocycles. The van der Waals surface area contributed by atoms with Crippen molar-refractivity contribution in [3.05, 3.63) is 0 Å². The molecule has 0 aromatic carbocycles. The summed E-state index contributed by atoms with van der Waals surface area (Å²) < 4.78 is 5.46. The average Bonchev–Trinajstić information content (AvgIpc) is 2.46. The fraction of sp³-hybridized carbons (Fsp3) is 0.923. The summed E-state index contributed by atoms with van der Waals surface area (Å²) in [5, 5.41) is 0. The second-order valence-corrected chi connectivity index (χ2v) is 5.67. The van der Waals surface area contributed by atoms with Crippen molar-refractivity contribution in [3.8, 4) is 0 Å². The van der Waals surface area contributed by atoms with Gasteiger partial charge in [-0.1, -0.05) is 34.6 Å². The van der Waals surface area contributed by atoms with E-state index in [1.165, 1.54) is 0 Å². The fourth-order valence-corrected chi connectivity index (χ4v) is 2.42. The van der Waals surface area contributed by atoms with Crippen molar-refractivity contribution in [2.75, 3.05) is 0 Å². The molecule has 2 nitrogen and oxygen atoms in total. The minimum atomic E-state index is 0.0191. The van der Waals surface area contributed by atoms with Crippen molar-refractivity contribution in [2.24, 2.45) is 23.7 Å². The Kier molecular flexibility index (Phi) is 4.18. The zero-order chi connectivity index (χ0) is 11.6. The molecule has 15 heavy (non-hydrogen) atoms. The van der Waals surface area contributed by atoms with Gasteiger partial charge < -0.3 is 4.74 Å². The van der Waals surface area contributed by atoms with E-state index in [1.54, 1.807) is 0 Å². The van der Waals surface area contributed by atoms with E-state index in [-0.39, 0.29) is 18.0 Å². The minimum absolute atomic E-state index is 0.0191. The molecule has 0 radical (unpaired) electrons. The molecule has 1 heterocycles. The first-order chi connectivity index (χ1) is 6.91. The van der Waals surface area contributed by atoms with Crippen LogP contribution in [0.15, 0.2) is 0 Å². The van der Waals surface area contributed by atoms with Gasteiger partial charge in [-0.3, -0.25) is 4.79 Å². The minimum Gasteiger partial charge on any atom is -0.462 e. The summed E-state index contributed by atoms with van der Waals surface area (Å²) in [7, 11) is 0. The molecule has 1 fully saturated rings. The molecule has 3 unspecified atom stereocenters. The predicted molar refractivity (Wildman–Crippen MR) is 61.4 cm³/mol. The Hall–Kier alpha value is -0.530. The lowest BCUT2D eigenvalue weighted by Gasteiger charge is -2.19. The summed E-state index contributed by atoms with van der Waals surface area (Å²) in [6.07, 6.45) is 2.22. The molecular formula is C13H24O2. The second kappa shape index (κ2) is 5.00. The van der Waals surface area contributed by atoms with Crippen LogP contribution in [0.4, 0.5) is 0 Å². The van der Waals surface area contributed by atoms with Crippen LogP contribution in [-0.2, 0) is 9.53 Å². The van der Waals surface area contributed by atoms with Gasteiger partial charge >= 0.3 is 5.97 Å². The Balaban J connectivity index is 2.50. The summed E-state index contributed by atoms with van der Waals surface area (Å²) in [5.41, 5.74) is 0. The van der Waals surface area contributed by atoms with Crippen molar-refractivity contribution in [1.29, 1.82) is 0 Å².